The summed E-state index contributed by atoms with van der Waals surface area (Å²) in [5.41, 5.74) is 0. The molecule has 0 amide bonds. The van der Waals surface area contributed by atoms with Crippen LogP contribution in [-0.4, -0.2) is 73.5 Å². The molecule has 0 bridgehead atoms. The zero-order valence-electron chi connectivity index (χ0n) is 10.1. The Labute approximate surface area is 98.2 Å². The van der Waals surface area contributed by atoms with E-state index >= 15 is 0 Å². The van der Waals surface area contributed by atoms with Crippen LogP contribution >= 0.6 is 0 Å². The first-order chi connectivity index (χ1) is 7.90. The number of morpholine rings is 1. The van der Waals surface area contributed by atoms with E-state index in [4.69, 9.17) is 9.84 Å². The van der Waals surface area contributed by atoms with E-state index in [-0.39, 0.29) is 0 Å². The third-order valence-corrected chi connectivity index (χ3v) is 3.75. The van der Waals surface area contributed by atoms with Crippen LogP contribution in [0.2, 0.25) is 0 Å². The molecule has 0 atom stereocenters. The Morgan fingerprint density at radius 2 is 1.75 bits per heavy atom. The van der Waals surface area contributed by atoms with E-state index in [0.717, 1.165) is 45.3 Å². The molecule has 4 nitrogen and oxygen atoms in total. The minimum atomic E-state index is 0.323. The number of hydrogen-bond acceptors (Lipinski definition) is 4. The Balaban J connectivity index is 1.67. The van der Waals surface area contributed by atoms with E-state index in [2.05, 4.69) is 9.80 Å². The van der Waals surface area contributed by atoms with E-state index in [1.54, 1.807) is 0 Å². The van der Waals surface area contributed by atoms with Gasteiger partial charge in [0.1, 0.15) is 0 Å². The van der Waals surface area contributed by atoms with Crippen LogP contribution < -0.4 is 0 Å². The molecule has 2 aliphatic heterocycles. The minimum Gasteiger partial charge on any atom is -0.396 e. The number of aliphatic hydroxyl groups excluding tert-OH is 1. The van der Waals surface area contributed by atoms with Crippen molar-refractivity contribution >= 4 is 0 Å². The van der Waals surface area contributed by atoms with E-state index in [9.17, 15) is 0 Å². The standard InChI is InChI=1S/C12H24N2O2/c15-9-1-4-13-5-2-12(3-6-13)14-7-10-16-11-8-14/h12,15H,1-11H2. The second-order valence-electron chi connectivity index (χ2n) is 4.80. The van der Waals surface area contributed by atoms with Crippen LogP contribution in [0.3, 0.4) is 0 Å². The smallest absolute Gasteiger partial charge is 0.0594 e. The lowest BCUT2D eigenvalue weighted by Crippen LogP contribution is -2.49. The zero-order valence-corrected chi connectivity index (χ0v) is 10.1. The van der Waals surface area contributed by atoms with Crippen molar-refractivity contribution < 1.29 is 9.84 Å². The number of aliphatic hydroxyl groups is 1. The van der Waals surface area contributed by atoms with Gasteiger partial charge in [-0.25, -0.2) is 0 Å². The first-order valence-corrected chi connectivity index (χ1v) is 6.55. The van der Waals surface area contributed by atoms with Crippen LogP contribution in [-0.2, 0) is 4.74 Å². The fourth-order valence-corrected chi connectivity index (χ4v) is 2.75. The van der Waals surface area contributed by atoms with Crippen LogP contribution in [0.15, 0.2) is 0 Å². The van der Waals surface area contributed by atoms with E-state index in [1.165, 1.54) is 25.9 Å². The maximum Gasteiger partial charge on any atom is 0.0594 e. The van der Waals surface area contributed by atoms with Gasteiger partial charge < -0.3 is 14.7 Å². The molecule has 0 aromatic carbocycles. The third-order valence-electron chi connectivity index (χ3n) is 3.75. The highest BCUT2D eigenvalue weighted by molar-refractivity contribution is 4.80. The Morgan fingerprint density at radius 1 is 1.06 bits per heavy atom. The van der Waals surface area contributed by atoms with Gasteiger partial charge in [0.15, 0.2) is 0 Å². The summed E-state index contributed by atoms with van der Waals surface area (Å²) in [6, 6.07) is 0.772. The molecule has 16 heavy (non-hydrogen) atoms. The molecule has 0 aliphatic carbocycles. The van der Waals surface area contributed by atoms with Gasteiger partial charge in [-0.15, -0.1) is 0 Å². The third kappa shape index (κ3) is 3.42. The molecular weight excluding hydrogens is 204 g/mol. The largest absolute Gasteiger partial charge is 0.396 e. The van der Waals surface area contributed by atoms with Gasteiger partial charge in [0.05, 0.1) is 13.2 Å². The summed E-state index contributed by atoms with van der Waals surface area (Å²) in [7, 11) is 0. The van der Waals surface area contributed by atoms with Crippen LogP contribution in [0.4, 0.5) is 0 Å². The van der Waals surface area contributed by atoms with Gasteiger partial charge in [-0.2, -0.15) is 0 Å². The first kappa shape index (κ1) is 12.3. The van der Waals surface area contributed by atoms with Crippen molar-refractivity contribution in [2.75, 3.05) is 52.5 Å². The Kier molecular flexibility index (Phi) is 5.03. The van der Waals surface area contributed by atoms with Gasteiger partial charge in [0.2, 0.25) is 0 Å². The van der Waals surface area contributed by atoms with Crippen molar-refractivity contribution in [1.29, 1.82) is 0 Å². The highest BCUT2D eigenvalue weighted by Crippen LogP contribution is 2.17. The van der Waals surface area contributed by atoms with Gasteiger partial charge in [-0.05, 0) is 32.4 Å². The number of nitrogens with zero attached hydrogens (tertiary/aromatic N) is 2. The average Bonchev–Trinajstić information content (AvgIpc) is 2.38. The molecule has 4 heteroatoms. The molecule has 2 rings (SSSR count). The van der Waals surface area contributed by atoms with Gasteiger partial charge in [0, 0.05) is 32.3 Å². The van der Waals surface area contributed by atoms with Crippen molar-refractivity contribution in [3.8, 4) is 0 Å². The predicted molar refractivity (Wildman–Crippen MR) is 63.6 cm³/mol. The summed E-state index contributed by atoms with van der Waals surface area (Å²) in [5.74, 6) is 0. The SMILES string of the molecule is OCCCN1CCC(N2CCOCC2)CC1. The number of likely N-dealkylation sites (tertiary alicyclic amines) is 1. The Hall–Kier alpha value is -0.160. The van der Waals surface area contributed by atoms with Gasteiger partial charge in [-0.3, -0.25) is 4.90 Å². The van der Waals surface area contributed by atoms with Gasteiger partial charge in [0.25, 0.3) is 0 Å². The van der Waals surface area contributed by atoms with Gasteiger partial charge >= 0.3 is 0 Å². The zero-order chi connectivity index (χ0) is 11.2. The molecule has 0 aromatic heterocycles. The lowest BCUT2D eigenvalue weighted by Gasteiger charge is -2.40. The van der Waals surface area contributed by atoms with Crippen LogP contribution in [0.25, 0.3) is 0 Å². The topological polar surface area (TPSA) is 35.9 Å². The predicted octanol–water partition coefficient (Wildman–Crippen LogP) is 0.165. The van der Waals surface area contributed by atoms with Crippen LogP contribution in [0, 0.1) is 0 Å². The molecule has 1 N–H and O–H groups in total. The molecule has 0 radical (unpaired) electrons. The first-order valence-electron chi connectivity index (χ1n) is 6.55. The Bertz CT molecular complexity index is 187. The molecule has 2 heterocycles. The van der Waals surface area contributed by atoms with E-state index < -0.39 is 0 Å². The Morgan fingerprint density at radius 3 is 2.38 bits per heavy atom. The normalized spacial score (nSPS) is 26.1. The monoisotopic (exact) mass is 228 g/mol. The molecule has 0 saturated carbocycles. The van der Waals surface area contributed by atoms with Crippen molar-refractivity contribution in [3.05, 3.63) is 0 Å². The summed E-state index contributed by atoms with van der Waals surface area (Å²) in [4.78, 5) is 5.07. The molecule has 2 saturated heterocycles. The highest BCUT2D eigenvalue weighted by atomic mass is 16.5. The quantitative estimate of drug-likeness (QED) is 0.744. The van der Waals surface area contributed by atoms with Crippen LogP contribution in [0.1, 0.15) is 19.3 Å². The summed E-state index contributed by atoms with van der Waals surface area (Å²) in [5, 5.41) is 8.80. The molecule has 0 unspecified atom stereocenters. The summed E-state index contributed by atoms with van der Waals surface area (Å²) in [6.07, 6.45) is 3.49. The maximum atomic E-state index is 8.80. The summed E-state index contributed by atoms with van der Waals surface area (Å²) >= 11 is 0. The number of rotatable bonds is 4. The second-order valence-corrected chi connectivity index (χ2v) is 4.80. The maximum absolute atomic E-state index is 8.80. The number of hydrogen-bond donors (Lipinski definition) is 1. The fourth-order valence-electron chi connectivity index (χ4n) is 2.75. The number of ether oxygens (including phenoxy) is 1. The molecule has 94 valence electrons. The van der Waals surface area contributed by atoms with Crippen LogP contribution in [0.5, 0.6) is 0 Å². The van der Waals surface area contributed by atoms with Crippen molar-refractivity contribution in [2.24, 2.45) is 0 Å². The van der Waals surface area contributed by atoms with Crippen molar-refractivity contribution in [2.45, 2.75) is 25.3 Å². The van der Waals surface area contributed by atoms with E-state index in [1.807, 2.05) is 0 Å². The molecule has 0 spiro atoms. The van der Waals surface area contributed by atoms with Crippen molar-refractivity contribution in [3.63, 3.8) is 0 Å². The summed E-state index contributed by atoms with van der Waals surface area (Å²) in [6.45, 7) is 7.82. The molecule has 0 aromatic rings. The lowest BCUT2D eigenvalue weighted by molar-refractivity contribution is 0.000552. The summed E-state index contributed by atoms with van der Waals surface area (Å²) < 4.78 is 5.38. The molecular formula is C12H24N2O2. The second kappa shape index (κ2) is 6.55. The van der Waals surface area contributed by atoms with E-state index in [0.29, 0.717) is 6.61 Å². The van der Waals surface area contributed by atoms with Crippen molar-refractivity contribution in [1.82, 2.24) is 9.80 Å². The van der Waals surface area contributed by atoms with Gasteiger partial charge in [-0.1, -0.05) is 0 Å². The average molecular weight is 228 g/mol. The number of piperidine rings is 1. The fraction of sp³-hybridized carbons (Fsp3) is 1.00. The highest BCUT2D eigenvalue weighted by Gasteiger charge is 2.25. The lowest BCUT2D eigenvalue weighted by atomic mass is 10.0. The molecule has 2 aliphatic rings. The minimum absolute atomic E-state index is 0.323. The molecule has 2 fully saturated rings.